The Bertz CT molecular complexity index is 489. The summed E-state index contributed by atoms with van der Waals surface area (Å²) in [5, 5.41) is 9.05. The Kier molecular flexibility index (Phi) is 4.49. The van der Waals surface area contributed by atoms with Gasteiger partial charge in [-0.15, -0.1) is 11.3 Å². The van der Waals surface area contributed by atoms with Crippen LogP contribution in [0.2, 0.25) is 0 Å². The van der Waals surface area contributed by atoms with Gasteiger partial charge in [0.15, 0.2) is 0 Å². The van der Waals surface area contributed by atoms with E-state index in [0.29, 0.717) is 0 Å². The van der Waals surface area contributed by atoms with Gasteiger partial charge in [-0.05, 0) is 32.9 Å². The lowest BCUT2D eigenvalue weighted by atomic mass is 10.1. The highest BCUT2D eigenvalue weighted by molar-refractivity contribution is 7.11. The Labute approximate surface area is 112 Å². The van der Waals surface area contributed by atoms with E-state index < -0.39 is 0 Å². The van der Waals surface area contributed by atoms with Gasteiger partial charge in [-0.1, -0.05) is 6.92 Å². The molecule has 0 aromatic carbocycles. The number of thiazole rings is 1. The third-order valence-corrected chi connectivity index (χ3v) is 3.84. The van der Waals surface area contributed by atoms with E-state index >= 15 is 0 Å². The number of aryl methyl sites for hydroxylation is 2. The zero-order valence-corrected chi connectivity index (χ0v) is 12.0. The number of aromatic nitrogens is 3. The van der Waals surface area contributed by atoms with Gasteiger partial charge in [0.1, 0.15) is 0 Å². The van der Waals surface area contributed by atoms with Crippen LogP contribution in [0.25, 0.3) is 0 Å². The van der Waals surface area contributed by atoms with Gasteiger partial charge in [0.05, 0.1) is 16.7 Å². The quantitative estimate of drug-likeness (QED) is 0.872. The molecule has 2 heterocycles. The first-order chi connectivity index (χ1) is 8.76. The Morgan fingerprint density at radius 1 is 1.44 bits per heavy atom. The van der Waals surface area contributed by atoms with Crippen LogP contribution < -0.4 is 5.32 Å². The van der Waals surface area contributed by atoms with Crippen LogP contribution in [0.1, 0.15) is 41.9 Å². The van der Waals surface area contributed by atoms with Crippen molar-refractivity contribution in [2.24, 2.45) is 0 Å². The second kappa shape index (κ2) is 6.11. The fraction of sp³-hybridized carbons (Fsp3) is 0.538. The van der Waals surface area contributed by atoms with Crippen LogP contribution in [0.5, 0.6) is 0 Å². The van der Waals surface area contributed by atoms with E-state index in [1.807, 2.05) is 24.0 Å². The maximum Gasteiger partial charge on any atom is 0.0897 e. The lowest BCUT2D eigenvalue weighted by molar-refractivity contribution is 0.534. The van der Waals surface area contributed by atoms with E-state index in [2.05, 4.69) is 35.3 Å². The van der Waals surface area contributed by atoms with E-state index in [4.69, 9.17) is 0 Å². The number of hydrogen-bond acceptors (Lipinski definition) is 4. The normalized spacial score (nSPS) is 12.8. The highest BCUT2D eigenvalue weighted by atomic mass is 32.1. The molecule has 2 rings (SSSR count). The molecule has 0 radical (unpaired) electrons. The maximum atomic E-state index is 4.36. The average molecular weight is 264 g/mol. The third kappa shape index (κ3) is 2.79. The van der Waals surface area contributed by atoms with Gasteiger partial charge in [-0.25, -0.2) is 4.98 Å². The average Bonchev–Trinajstić information content (AvgIpc) is 2.99. The van der Waals surface area contributed by atoms with Crippen molar-refractivity contribution in [2.45, 2.75) is 39.8 Å². The minimum absolute atomic E-state index is 0.207. The molecule has 1 unspecified atom stereocenters. The second-order valence-corrected chi connectivity index (χ2v) is 5.51. The molecule has 0 bridgehead atoms. The Balaban J connectivity index is 2.30. The van der Waals surface area contributed by atoms with E-state index in [0.717, 1.165) is 24.5 Å². The topological polar surface area (TPSA) is 42.7 Å². The molecule has 0 saturated carbocycles. The molecular weight excluding hydrogens is 244 g/mol. The van der Waals surface area contributed by atoms with Crippen LogP contribution in [0.3, 0.4) is 0 Å². The standard InChI is InChI=1S/C13H20N4S/c1-4-7-14-13(12-9-15-10(3)18-12)11-6-8-16-17(11)5-2/h6,8-9,13-14H,4-5,7H2,1-3H3. The summed E-state index contributed by atoms with van der Waals surface area (Å²) in [5.74, 6) is 0. The van der Waals surface area contributed by atoms with Crippen molar-refractivity contribution >= 4 is 11.3 Å². The largest absolute Gasteiger partial charge is 0.304 e. The molecule has 4 nitrogen and oxygen atoms in total. The Morgan fingerprint density at radius 3 is 2.89 bits per heavy atom. The highest BCUT2D eigenvalue weighted by Crippen LogP contribution is 2.26. The third-order valence-electron chi connectivity index (χ3n) is 2.87. The van der Waals surface area contributed by atoms with Crippen LogP contribution >= 0.6 is 11.3 Å². The summed E-state index contributed by atoms with van der Waals surface area (Å²) < 4.78 is 2.04. The molecule has 1 N–H and O–H groups in total. The summed E-state index contributed by atoms with van der Waals surface area (Å²) in [6, 6.07) is 2.30. The zero-order chi connectivity index (χ0) is 13.0. The van der Waals surface area contributed by atoms with Crippen LogP contribution in [0.15, 0.2) is 18.5 Å². The predicted molar refractivity (Wildman–Crippen MR) is 74.9 cm³/mol. The monoisotopic (exact) mass is 264 g/mol. The summed E-state index contributed by atoms with van der Waals surface area (Å²) in [6.07, 6.45) is 4.96. The summed E-state index contributed by atoms with van der Waals surface area (Å²) in [5.41, 5.74) is 1.22. The molecule has 1 atom stereocenters. The van der Waals surface area contributed by atoms with Gasteiger partial charge < -0.3 is 5.32 Å². The lowest BCUT2D eigenvalue weighted by Crippen LogP contribution is -2.25. The summed E-state index contributed by atoms with van der Waals surface area (Å²) in [6.45, 7) is 8.23. The van der Waals surface area contributed by atoms with Crippen LogP contribution in [0, 0.1) is 6.92 Å². The molecule has 0 aliphatic carbocycles. The second-order valence-electron chi connectivity index (χ2n) is 4.24. The van der Waals surface area contributed by atoms with Crippen molar-refractivity contribution in [3.05, 3.63) is 34.0 Å². The van der Waals surface area contributed by atoms with Gasteiger partial charge in [0.2, 0.25) is 0 Å². The molecule has 0 amide bonds. The van der Waals surface area contributed by atoms with Gasteiger partial charge in [0.25, 0.3) is 0 Å². The molecular formula is C13H20N4S. The predicted octanol–water partition coefficient (Wildman–Crippen LogP) is 2.76. The van der Waals surface area contributed by atoms with Crippen molar-refractivity contribution in [3.63, 3.8) is 0 Å². The van der Waals surface area contributed by atoms with Crippen LogP contribution in [-0.2, 0) is 6.54 Å². The lowest BCUT2D eigenvalue weighted by Gasteiger charge is -2.18. The molecule has 0 saturated heterocycles. The van der Waals surface area contributed by atoms with Gasteiger partial charge >= 0.3 is 0 Å². The summed E-state index contributed by atoms with van der Waals surface area (Å²) in [7, 11) is 0. The Hall–Kier alpha value is -1.20. The highest BCUT2D eigenvalue weighted by Gasteiger charge is 2.19. The number of nitrogens with zero attached hydrogens (tertiary/aromatic N) is 3. The van der Waals surface area contributed by atoms with Crippen LogP contribution in [-0.4, -0.2) is 21.3 Å². The van der Waals surface area contributed by atoms with E-state index in [1.54, 1.807) is 11.3 Å². The first kappa shape index (κ1) is 13.2. The van der Waals surface area contributed by atoms with Gasteiger partial charge in [-0.3, -0.25) is 4.68 Å². The molecule has 18 heavy (non-hydrogen) atoms. The molecule has 2 aromatic heterocycles. The van der Waals surface area contributed by atoms with Gasteiger partial charge in [-0.2, -0.15) is 5.10 Å². The van der Waals surface area contributed by atoms with Crippen molar-refractivity contribution in [1.82, 2.24) is 20.1 Å². The number of rotatable bonds is 6. The maximum absolute atomic E-state index is 4.36. The van der Waals surface area contributed by atoms with E-state index in [-0.39, 0.29) is 6.04 Å². The minimum Gasteiger partial charge on any atom is -0.304 e. The fourth-order valence-corrected chi connectivity index (χ4v) is 2.88. The summed E-state index contributed by atoms with van der Waals surface area (Å²) in [4.78, 5) is 5.62. The van der Waals surface area contributed by atoms with E-state index in [9.17, 15) is 0 Å². The molecule has 0 aliphatic heterocycles. The molecule has 0 spiro atoms. The zero-order valence-electron chi connectivity index (χ0n) is 11.2. The van der Waals surface area contributed by atoms with Gasteiger partial charge in [0, 0.05) is 23.8 Å². The number of hydrogen-bond donors (Lipinski definition) is 1. The van der Waals surface area contributed by atoms with Crippen molar-refractivity contribution in [3.8, 4) is 0 Å². The van der Waals surface area contributed by atoms with Crippen molar-refractivity contribution in [2.75, 3.05) is 6.54 Å². The smallest absolute Gasteiger partial charge is 0.0897 e. The molecule has 0 fully saturated rings. The minimum atomic E-state index is 0.207. The molecule has 2 aromatic rings. The van der Waals surface area contributed by atoms with E-state index in [1.165, 1.54) is 10.6 Å². The first-order valence-electron chi connectivity index (χ1n) is 6.43. The van der Waals surface area contributed by atoms with Crippen LogP contribution in [0.4, 0.5) is 0 Å². The molecule has 5 heteroatoms. The SMILES string of the molecule is CCCNC(c1cnc(C)s1)c1ccnn1CC. The first-order valence-corrected chi connectivity index (χ1v) is 7.25. The fourth-order valence-electron chi connectivity index (χ4n) is 2.00. The van der Waals surface area contributed by atoms with Crippen molar-refractivity contribution in [1.29, 1.82) is 0 Å². The number of nitrogens with one attached hydrogen (secondary N) is 1. The Morgan fingerprint density at radius 2 is 2.28 bits per heavy atom. The van der Waals surface area contributed by atoms with Crippen molar-refractivity contribution < 1.29 is 0 Å². The molecule has 98 valence electrons. The molecule has 0 aliphatic rings. The summed E-state index contributed by atoms with van der Waals surface area (Å²) >= 11 is 1.75.